The number of carbonyl (C=O) groups is 1. The number of primary amides is 1. The number of carbonyl (C=O) groups excluding carboxylic acids is 1. The van der Waals surface area contributed by atoms with E-state index < -0.39 is 5.91 Å². The SMILES string of the molecule is CN1CCN(CCOc2ccc3c(c2)Cc2c(C(N)=O)cc(-c4ccccc4)nc2-3)CC1. The summed E-state index contributed by atoms with van der Waals surface area (Å²) < 4.78 is 6.06. The average Bonchev–Trinajstić information content (AvgIpc) is 3.18. The Morgan fingerprint density at radius 1 is 1.06 bits per heavy atom. The van der Waals surface area contributed by atoms with Gasteiger partial charge < -0.3 is 15.4 Å². The molecule has 164 valence electrons. The normalized spacial score (nSPS) is 15.9. The van der Waals surface area contributed by atoms with Crippen LogP contribution >= 0.6 is 0 Å². The minimum atomic E-state index is -0.419. The summed E-state index contributed by atoms with van der Waals surface area (Å²) in [4.78, 5) is 21.9. The van der Waals surface area contributed by atoms with Gasteiger partial charge in [-0.2, -0.15) is 0 Å². The number of aromatic nitrogens is 1. The van der Waals surface area contributed by atoms with Gasteiger partial charge in [-0.05, 0) is 42.4 Å². The zero-order valence-corrected chi connectivity index (χ0v) is 18.4. The number of pyridine rings is 1. The van der Waals surface area contributed by atoms with Gasteiger partial charge in [0.15, 0.2) is 0 Å². The zero-order chi connectivity index (χ0) is 22.1. The van der Waals surface area contributed by atoms with E-state index in [4.69, 9.17) is 15.5 Å². The summed E-state index contributed by atoms with van der Waals surface area (Å²) in [5, 5.41) is 0. The number of amides is 1. The minimum absolute atomic E-state index is 0.419. The Bertz CT molecular complexity index is 1140. The zero-order valence-electron chi connectivity index (χ0n) is 18.4. The van der Waals surface area contributed by atoms with Gasteiger partial charge in [-0.3, -0.25) is 9.69 Å². The number of benzene rings is 2. The van der Waals surface area contributed by atoms with Gasteiger partial charge in [-0.25, -0.2) is 4.98 Å². The number of likely N-dealkylation sites (N-methyl/N-ethyl adjacent to an activating group) is 1. The molecule has 1 saturated heterocycles. The highest BCUT2D eigenvalue weighted by molar-refractivity contribution is 5.98. The molecule has 2 heterocycles. The van der Waals surface area contributed by atoms with Crippen LogP contribution in [-0.2, 0) is 6.42 Å². The molecule has 3 aromatic rings. The highest BCUT2D eigenvalue weighted by Gasteiger charge is 2.26. The van der Waals surface area contributed by atoms with Gasteiger partial charge >= 0.3 is 0 Å². The monoisotopic (exact) mass is 428 g/mol. The lowest BCUT2D eigenvalue weighted by Crippen LogP contribution is -2.45. The molecule has 0 saturated carbocycles. The molecule has 6 nitrogen and oxygen atoms in total. The van der Waals surface area contributed by atoms with Crippen LogP contribution in [0.1, 0.15) is 21.5 Å². The number of nitrogens with zero attached hydrogens (tertiary/aromatic N) is 3. The topological polar surface area (TPSA) is 71.7 Å². The van der Waals surface area contributed by atoms with Gasteiger partial charge in [0.05, 0.1) is 11.4 Å². The van der Waals surface area contributed by atoms with Crippen molar-refractivity contribution in [1.82, 2.24) is 14.8 Å². The smallest absolute Gasteiger partial charge is 0.249 e. The first kappa shape index (κ1) is 20.7. The van der Waals surface area contributed by atoms with Crippen molar-refractivity contribution < 1.29 is 9.53 Å². The van der Waals surface area contributed by atoms with Crippen molar-refractivity contribution in [2.24, 2.45) is 5.73 Å². The van der Waals surface area contributed by atoms with Crippen LogP contribution in [0.25, 0.3) is 22.5 Å². The van der Waals surface area contributed by atoms with Crippen molar-refractivity contribution >= 4 is 5.91 Å². The van der Waals surface area contributed by atoms with Gasteiger partial charge in [0, 0.05) is 55.8 Å². The van der Waals surface area contributed by atoms with E-state index in [-0.39, 0.29) is 0 Å². The van der Waals surface area contributed by atoms with Crippen molar-refractivity contribution in [3.05, 3.63) is 71.3 Å². The predicted molar refractivity (Wildman–Crippen MR) is 126 cm³/mol. The maximum Gasteiger partial charge on any atom is 0.249 e. The molecular formula is C26H28N4O2. The first-order valence-corrected chi connectivity index (χ1v) is 11.1. The molecule has 1 amide bonds. The Kier molecular flexibility index (Phi) is 5.64. The second kappa shape index (κ2) is 8.73. The highest BCUT2D eigenvalue weighted by Crippen LogP contribution is 2.40. The third kappa shape index (κ3) is 4.11. The molecule has 2 aromatic carbocycles. The van der Waals surface area contributed by atoms with E-state index in [1.165, 1.54) is 0 Å². The van der Waals surface area contributed by atoms with Crippen molar-refractivity contribution in [1.29, 1.82) is 0 Å². The fourth-order valence-corrected chi connectivity index (χ4v) is 4.54. The van der Waals surface area contributed by atoms with Crippen molar-refractivity contribution in [2.75, 3.05) is 46.4 Å². The third-order valence-electron chi connectivity index (χ3n) is 6.43. The number of hydrogen-bond donors (Lipinski definition) is 1. The first-order chi connectivity index (χ1) is 15.6. The van der Waals surface area contributed by atoms with Crippen molar-refractivity contribution in [3.63, 3.8) is 0 Å². The van der Waals surface area contributed by atoms with E-state index in [2.05, 4.69) is 29.0 Å². The molecule has 1 aromatic heterocycles. The van der Waals surface area contributed by atoms with Crippen LogP contribution in [0.4, 0.5) is 0 Å². The molecule has 1 aliphatic carbocycles. The van der Waals surface area contributed by atoms with Crippen LogP contribution in [0.3, 0.4) is 0 Å². The largest absolute Gasteiger partial charge is 0.492 e. The van der Waals surface area contributed by atoms with Crippen LogP contribution in [0, 0.1) is 0 Å². The van der Waals surface area contributed by atoms with E-state index >= 15 is 0 Å². The number of fused-ring (bicyclic) bond motifs is 3. The molecule has 6 heteroatoms. The third-order valence-corrected chi connectivity index (χ3v) is 6.43. The molecule has 0 atom stereocenters. The molecule has 0 radical (unpaired) electrons. The number of nitrogens with two attached hydrogens (primary N) is 1. The van der Waals surface area contributed by atoms with E-state index in [1.54, 1.807) is 0 Å². The molecule has 0 bridgehead atoms. The second-order valence-corrected chi connectivity index (χ2v) is 8.60. The number of ether oxygens (including phenoxy) is 1. The minimum Gasteiger partial charge on any atom is -0.492 e. The van der Waals surface area contributed by atoms with E-state index in [0.29, 0.717) is 18.6 Å². The van der Waals surface area contributed by atoms with Gasteiger partial charge in [0.1, 0.15) is 12.4 Å². The lowest BCUT2D eigenvalue weighted by molar-refractivity contribution is 0.0999. The van der Waals surface area contributed by atoms with E-state index in [1.807, 2.05) is 42.5 Å². The average molecular weight is 429 g/mol. The maximum absolute atomic E-state index is 12.2. The maximum atomic E-state index is 12.2. The fourth-order valence-electron chi connectivity index (χ4n) is 4.54. The van der Waals surface area contributed by atoms with Crippen LogP contribution in [-0.4, -0.2) is 67.1 Å². The summed E-state index contributed by atoms with van der Waals surface area (Å²) in [7, 11) is 2.16. The Balaban J connectivity index is 1.36. The second-order valence-electron chi connectivity index (χ2n) is 8.60. The van der Waals surface area contributed by atoms with Crippen molar-refractivity contribution in [3.8, 4) is 28.3 Å². The standard InChI is InChI=1S/C26H28N4O2/c1-29-9-11-30(12-10-29)13-14-32-20-7-8-21-19(15-20)16-22-23(26(27)31)17-24(28-25(21)22)18-5-3-2-4-6-18/h2-8,15,17H,9-14,16H2,1H3,(H2,27,31). The summed E-state index contributed by atoms with van der Waals surface area (Å²) in [5.74, 6) is 0.437. The molecule has 1 fully saturated rings. The Hall–Kier alpha value is -3.22. The molecule has 0 spiro atoms. The van der Waals surface area contributed by atoms with Gasteiger partial charge in [0.25, 0.3) is 0 Å². The van der Waals surface area contributed by atoms with Gasteiger partial charge in [0.2, 0.25) is 5.91 Å². The summed E-state index contributed by atoms with van der Waals surface area (Å²) in [6.45, 7) is 5.99. The van der Waals surface area contributed by atoms with E-state index in [9.17, 15) is 4.79 Å². The lowest BCUT2D eigenvalue weighted by atomic mass is 10.0. The summed E-state index contributed by atoms with van der Waals surface area (Å²) in [5.41, 5.74) is 11.9. The summed E-state index contributed by atoms with van der Waals surface area (Å²) in [6.07, 6.45) is 0.640. The molecule has 1 aliphatic heterocycles. The Morgan fingerprint density at radius 2 is 1.84 bits per heavy atom. The number of rotatable bonds is 6. The lowest BCUT2D eigenvalue weighted by Gasteiger charge is -2.32. The van der Waals surface area contributed by atoms with Crippen LogP contribution in [0.5, 0.6) is 5.75 Å². The predicted octanol–water partition coefficient (Wildman–Crippen LogP) is 3.04. The molecule has 32 heavy (non-hydrogen) atoms. The van der Waals surface area contributed by atoms with Crippen LogP contribution < -0.4 is 10.5 Å². The van der Waals surface area contributed by atoms with Crippen LogP contribution in [0.15, 0.2) is 54.6 Å². The quantitative estimate of drug-likeness (QED) is 0.511. The number of hydrogen-bond acceptors (Lipinski definition) is 5. The van der Waals surface area contributed by atoms with Gasteiger partial charge in [-0.1, -0.05) is 30.3 Å². The van der Waals surface area contributed by atoms with Gasteiger partial charge in [-0.15, -0.1) is 0 Å². The summed E-state index contributed by atoms with van der Waals surface area (Å²) in [6, 6.07) is 17.8. The summed E-state index contributed by atoms with van der Waals surface area (Å²) >= 11 is 0. The molecule has 2 aliphatic rings. The molecule has 0 unspecified atom stereocenters. The Labute approximate surface area is 188 Å². The molecule has 2 N–H and O–H groups in total. The first-order valence-electron chi connectivity index (χ1n) is 11.1. The molecular weight excluding hydrogens is 400 g/mol. The fraction of sp³-hybridized carbons (Fsp3) is 0.308. The van der Waals surface area contributed by atoms with E-state index in [0.717, 1.165) is 72.1 Å². The van der Waals surface area contributed by atoms with Crippen LogP contribution in [0.2, 0.25) is 0 Å². The van der Waals surface area contributed by atoms with Crippen molar-refractivity contribution in [2.45, 2.75) is 6.42 Å². The highest BCUT2D eigenvalue weighted by atomic mass is 16.5. The number of piperazine rings is 1. The Morgan fingerprint density at radius 3 is 2.59 bits per heavy atom. The molecule has 5 rings (SSSR count).